The van der Waals surface area contributed by atoms with Crippen LogP contribution >= 0.6 is 0 Å². The molecule has 4 rings (SSSR count). The molecule has 7 heteroatoms. The van der Waals surface area contributed by atoms with Gasteiger partial charge >= 0.3 is 7.12 Å². The van der Waals surface area contributed by atoms with E-state index in [1.165, 1.54) is 5.69 Å². The summed E-state index contributed by atoms with van der Waals surface area (Å²) < 4.78 is 12.7. The molecule has 0 aromatic heterocycles. The molecular formula is C25H34BN3O3. The maximum absolute atomic E-state index is 12.4. The lowest BCUT2D eigenvalue weighted by molar-refractivity contribution is 0.00578. The summed E-state index contributed by atoms with van der Waals surface area (Å²) in [6, 6.07) is 14.2. The zero-order valence-corrected chi connectivity index (χ0v) is 19.9. The summed E-state index contributed by atoms with van der Waals surface area (Å²) in [7, 11) is -0.471. The van der Waals surface area contributed by atoms with Gasteiger partial charge in [0.15, 0.2) is 0 Å². The largest absolute Gasteiger partial charge is 0.495 e. The van der Waals surface area contributed by atoms with E-state index in [-0.39, 0.29) is 0 Å². The maximum Gasteiger partial charge on any atom is 0.495 e. The molecule has 0 atom stereocenters. The molecule has 1 amide bonds. The fourth-order valence-corrected chi connectivity index (χ4v) is 4.60. The lowest BCUT2D eigenvalue weighted by Gasteiger charge is -2.39. The van der Waals surface area contributed by atoms with Gasteiger partial charge in [0.05, 0.1) is 22.5 Å². The Hall–Kier alpha value is -2.51. The highest BCUT2D eigenvalue weighted by Crippen LogP contribution is 2.38. The van der Waals surface area contributed by atoms with Gasteiger partial charge in [-0.2, -0.15) is 0 Å². The topological polar surface area (TPSA) is 68.0 Å². The molecule has 2 aromatic rings. The Morgan fingerprint density at radius 2 is 1.50 bits per heavy atom. The van der Waals surface area contributed by atoms with Gasteiger partial charge in [-0.15, -0.1) is 0 Å². The molecule has 0 unspecified atom stereocenters. The van der Waals surface area contributed by atoms with E-state index in [0.29, 0.717) is 5.56 Å². The van der Waals surface area contributed by atoms with Crippen molar-refractivity contribution in [1.29, 1.82) is 0 Å². The zero-order chi connectivity index (χ0) is 23.1. The maximum atomic E-state index is 12.4. The van der Waals surface area contributed by atoms with E-state index in [0.717, 1.165) is 49.3 Å². The van der Waals surface area contributed by atoms with Crippen LogP contribution in [-0.2, 0) is 15.7 Å². The first kappa shape index (κ1) is 22.7. The minimum absolute atomic E-state index is 0.402. The first-order chi connectivity index (χ1) is 15.1. The minimum atomic E-state index is -0.471. The highest BCUT2D eigenvalue weighted by molar-refractivity contribution is 6.63. The van der Waals surface area contributed by atoms with Gasteiger partial charge in [-0.25, -0.2) is 0 Å². The van der Waals surface area contributed by atoms with Crippen LogP contribution in [0.5, 0.6) is 0 Å². The Labute approximate surface area is 191 Å². The van der Waals surface area contributed by atoms with E-state index in [2.05, 4.69) is 68.7 Å². The quantitative estimate of drug-likeness (QED) is 0.732. The molecule has 2 fully saturated rings. The second-order valence-electron chi connectivity index (χ2n) is 9.65. The lowest BCUT2D eigenvalue weighted by atomic mass is 9.74. The van der Waals surface area contributed by atoms with Gasteiger partial charge in [0.1, 0.15) is 0 Å². The Bertz CT molecular complexity index is 969. The van der Waals surface area contributed by atoms with E-state index in [4.69, 9.17) is 15.0 Å². The van der Waals surface area contributed by atoms with Crippen LogP contribution in [0.4, 0.5) is 11.4 Å². The van der Waals surface area contributed by atoms with Crippen molar-refractivity contribution >= 4 is 29.9 Å². The Morgan fingerprint density at radius 1 is 0.938 bits per heavy atom. The molecule has 2 aliphatic rings. The molecule has 2 heterocycles. The third-order valence-electron chi connectivity index (χ3n) is 7.16. The van der Waals surface area contributed by atoms with Gasteiger partial charge < -0.3 is 24.8 Å². The van der Waals surface area contributed by atoms with Crippen LogP contribution < -0.4 is 21.0 Å². The number of carbonyl (C=O) groups excluding carboxylic acids is 1. The third kappa shape index (κ3) is 4.00. The molecule has 32 heavy (non-hydrogen) atoms. The summed E-state index contributed by atoms with van der Waals surface area (Å²) in [6.45, 7) is 13.7. The number of benzene rings is 2. The van der Waals surface area contributed by atoms with Crippen molar-refractivity contribution in [2.24, 2.45) is 5.73 Å². The van der Waals surface area contributed by atoms with E-state index >= 15 is 0 Å². The molecule has 0 aliphatic carbocycles. The van der Waals surface area contributed by atoms with Gasteiger partial charge in [-0.3, -0.25) is 4.79 Å². The number of nitrogens with two attached hydrogens (primary N) is 1. The van der Waals surface area contributed by atoms with Gasteiger partial charge in [0.25, 0.3) is 5.91 Å². The summed E-state index contributed by atoms with van der Waals surface area (Å²) >= 11 is 0. The fraction of sp³-hybridized carbons (Fsp3) is 0.480. The van der Waals surface area contributed by atoms with Crippen molar-refractivity contribution in [3.63, 3.8) is 0 Å². The number of hydrogen-bond donors (Lipinski definition) is 1. The van der Waals surface area contributed by atoms with Crippen molar-refractivity contribution in [3.8, 4) is 0 Å². The van der Waals surface area contributed by atoms with Gasteiger partial charge in [-0.05, 0) is 63.3 Å². The smallest absolute Gasteiger partial charge is 0.399 e. The van der Waals surface area contributed by atoms with Gasteiger partial charge in [0.2, 0.25) is 0 Å². The average molecular weight is 435 g/mol. The molecule has 0 bridgehead atoms. The molecular weight excluding hydrogens is 401 g/mol. The normalized spacial score (nSPS) is 20.0. The molecule has 0 spiro atoms. The Kier molecular flexibility index (Phi) is 5.99. The predicted molar refractivity (Wildman–Crippen MR) is 131 cm³/mol. The summed E-state index contributed by atoms with van der Waals surface area (Å²) in [5.41, 5.74) is 9.75. The van der Waals surface area contributed by atoms with Crippen LogP contribution in [0.1, 0.15) is 50.5 Å². The predicted octanol–water partition coefficient (Wildman–Crippen LogP) is 2.97. The summed E-state index contributed by atoms with van der Waals surface area (Å²) in [5.74, 6) is -0.402. The van der Waals surface area contributed by atoms with Crippen molar-refractivity contribution < 1.29 is 14.1 Å². The molecule has 2 aromatic carbocycles. The van der Waals surface area contributed by atoms with Gasteiger partial charge in [0, 0.05) is 31.9 Å². The number of primary amides is 1. The molecule has 2 aliphatic heterocycles. The Balaban J connectivity index is 1.67. The number of anilines is 2. The van der Waals surface area contributed by atoms with E-state index < -0.39 is 24.2 Å². The number of piperazine rings is 1. The van der Waals surface area contributed by atoms with Crippen LogP contribution in [0.15, 0.2) is 42.5 Å². The molecule has 0 radical (unpaired) electrons. The highest BCUT2D eigenvalue weighted by atomic mass is 16.7. The standard InChI is InChI=1S/C25H34BN3O3/c1-6-19-21(26-31-24(2,3)25(4,5)32-26)13-12-20(23(27)30)22(19)29-16-14-28(15-17-29)18-10-8-7-9-11-18/h7-13H,6,14-17H2,1-5H3,(H2,27,30). The minimum Gasteiger partial charge on any atom is -0.399 e. The van der Waals surface area contributed by atoms with Crippen molar-refractivity contribution in [3.05, 3.63) is 53.6 Å². The molecule has 2 saturated heterocycles. The first-order valence-corrected chi connectivity index (χ1v) is 11.5. The lowest BCUT2D eigenvalue weighted by Crippen LogP contribution is -2.48. The fourth-order valence-electron chi connectivity index (χ4n) is 4.60. The summed E-state index contributed by atoms with van der Waals surface area (Å²) in [5, 5.41) is 0. The number of nitrogens with zero attached hydrogens (tertiary/aromatic N) is 2. The number of rotatable bonds is 5. The van der Waals surface area contributed by atoms with Crippen LogP contribution in [0.3, 0.4) is 0 Å². The van der Waals surface area contributed by atoms with Crippen molar-refractivity contribution in [2.75, 3.05) is 36.0 Å². The van der Waals surface area contributed by atoms with Crippen LogP contribution in [-0.4, -0.2) is 50.4 Å². The third-order valence-corrected chi connectivity index (χ3v) is 7.16. The summed E-state index contributed by atoms with van der Waals surface area (Å²) in [6.07, 6.45) is 0.759. The molecule has 6 nitrogen and oxygen atoms in total. The second kappa shape index (κ2) is 8.45. The molecule has 170 valence electrons. The zero-order valence-electron chi connectivity index (χ0n) is 19.9. The monoisotopic (exact) mass is 435 g/mol. The Morgan fingerprint density at radius 3 is 2.03 bits per heavy atom. The van der Waals surface area contributed by atoms with Crippen LogP contribution in [0.2, 0.25) is 0 Å². The number of carbonyl (C=O) groups is 1. The second-order valence-corrected chi connectivity index (χ2v) is 9.65. The first-order valence-electron chi connectivity index (χ1n) is 11.5. The molecule has 2 N–H and O–H groups in total. The van der Waals surface area contributed by atoms with Crippen molar-refractivity contribution in [1.82, 2.24) is 0 Å². The van der Waals surface area contributed by atoms with Crippen LogP contribution in [0.25, 0.3) is 0 Å². The van der Waals surface area contributed by atoms with E-state index in [1.807, 2.05) is 18.2 Å². The summed E-state index contributed by atoms with van der Waals surface area (Å²) in [4.78, 5) is 17.1. The van der Waals surface area contributed by atoms with E-state index in [1.54, 1.807) is 0 Å². The number of amides is 1. The highest BCUT2D eigenvalue weighted by Gasteiger charge is 2.52. The average Bonchev–Trinajstić information content (AvgIpc) is 3.00. The van der Waals surface area contributed by atoms with Gasteiger partial charge in [-0.1, -0.05) is 31.2 Å². The van der Waals surface area contributed by atoms with E-state index in [9.17, 15) is 4.79 Å². The molecule has 0 saturated carbocycles. The SMILES string of the molecule is CCc1c(B2OC(C)(C)C(C)(C)O2)ccc(C(N)=O)c1N1CCN(c2ccccc2)CC1. The number of para-hydroxylation sites is 1. The number of hydrogen-bond acceptors (Lipinski definition) is 5. The van der Waals surface area contributed by atoms with Crippen molar-refractivity contribution in [2.45, 2.75) is 52.2 Å². The van der Waals surface area contributed by atoms with Crippen LogP contribution in [0, 0.1) is 0 Å².